The second-order valence-corrected chi connectivity index (χ2v) is 25.9. The van der Waals surface area contributed by atoms with Gasteiger partial charge in [0.05, 0.1) is 25.0 Å². The lowest BCUT2D eigenvalue weighted by atomic mass is 9.86. The molecule has 8 rings (SSSR count). The number of hydrogen-bond acceptors (Lipinski definition) is 11. The van der Waals surface area contributed by atoms with Gasteiger partial charge < -0.3 is 44.7 Å². The summed E-state index contributed by atoms with van der Waals surface area (Å²) in [6.07, 6.45) is 6.56. The Kier molecular flexibility index (Phi) is 22.3. The van der Waals surface area contributed by atoms with Crippen LogP contribution in [0.4, 0.5) is 16.2 Å². The Hall–Kier alpha value is -6.49. The topological polar surface area (TPSA) is 174 Å². The normalized spacial score (nSPS) is 21.6. The number of rotatable bonds is 16. The van der Waals surface area contributed by atoms with Crippen LogP contribution in [0.3, 0.4) is 0 Å². The lowest BCUT2D eigenvalue weighted by Crippen LogP contribution is -2.54. The second-order valence-electron chi connectivity index (χ2n) is 25.9. The highest BCUT2D eigenvalue weighted by atomic mass is 16.6. The first-order valence-corrected chi connectivity index (χ1v) is 30.2. The van der Waals surface area contributed by atoms with Crippen LogP contribution in [-0.2, 0) is 49.8 Å². The first kappa shape index (κ1) is 64.1. The highest BCUT2D eigenvalue weighted by Gasteiger charge is 2.34. The van der Waals surface area contributed by atoms with Crippen molar-refractivity contribution in [3.63, 3.8) is 0 Å². The number of carboxylic acids is 1. The summed E-state index contributed by atoms with van der Waals surface area (Å²) in [5, 5.41) is 15.6. The highest BCUT2D eigenvalue weighted by molar-refractivity contribution is 5.95. The quantitative estimate of drug-likeness (QED) is 0.0971. The Morgan fingerprint density at radius 3 is 1.54 bits per heavy atom. The van der Waals surface area contributed by atoms with E-state index in [0.717, 1.165) is 125 Å². The summed E-state index contributed by atoms with van der Waals surface area (Å²) < 4.78 is 18.0. The van der Waals surface area contributed by atoms with E-state index in [1.54, 1.807) is 17.0 Å². The molecule has 0 spiro atoms. The van der Waals surface area contributed by atoms with Gasteiger partial charge in [-0.05, 0) is 203 Å². The van der Waals surface area contributed by atoms with Crippen molar-refractivity contribution < 1.29 is 43.3 Å². The average molecular weight is 1140 g/mol. The maximum atomic E-state index is 13.4. The fourth-order valence-electron chi connectivity index (χ4n) is 11.9. The summed E-state index contributed by atoms with van der Waals surface area (Å²) in [6.45, 7) is 27.2. The molecule has 4 aromatic carbocycles. The molecule has 16 heteroatoms. The van der Waals surface area contributed by atoms with Gasteiger partial charge in [-0.2, -0.15) is 0 Å². The van der Waals surface area contributed by atoms with Crippen molar-refractivity contribution in [2.45, 2.75) is 182 Å². The monoisotopic (exact) mass is 1140 g/mol. The Morgan fingerprint density at radius 2 is 1.11 bits per heavy atom. The number of carboxylic acid groups (broad SMARTS) is 1. The molecule has 4 aromatic rings. The van der Waals surface area contributed by atoms with Crippen molar-refractivity contribution in [3.05, 3.63) is 118 Å². The molecule has 2 heterocycles. The van der Waals surface area contributed by atoms with Gasteiger partial charge in [-0.25, -0.2) is 4.79 Å². The van der Waals surface area contributed by atoms with Gasteiger partial charge in [-0.1, -0.05) is 36.4 Å². The van der Waals surface area contributed by atoms with E-state index < -0.39 is 11.6 Å². The van der Waals surface area contributed by atoms with E-state index in [9.17, 15) is 24.0 Å². The van der Waals surface area contributed by atoms with Crippen molar-refractivity contribution >= 4 is 41.2 Å². The molecule has 0 unspecified atom stereocenters. The van der Waals surface area contributed by atoms with E-state index in [4.69, 9.17) is 19.3 Å². The first-order valence-electron chi connectivity index (χ1n) is 30.2. The molecule has 0 aromatic heterocycles. The van der Waals surface area contributed by atoms with Crippen molar-refractivity contribution in [3.8, 4) is 11.5 Å². The predicted octanol–water partition coefficient (Wildman–Crippen LogP) is 10.5. The molecule has 3 N–H and O–H groups in total. The molecule has 0 radical (unpaired) electrons. The molecular formula is C67H95N7O9. The van der Waals surface area contributed by atoms with Crippen LogP contribution in [0.25, 0.3) is 0 Å². The minimum atomic E-state index is -0.866. The van der Waals surface area contributed by atoms with Crippen LogP contribution >= 0.6 is 0 Å². The van der Waals surface area contributed by atoms with Gasteiger partial charge in [0.2, 0.25) is 17.7 Å². The number of benzene rings is 4. The van der Waals surface area contributed by atoms with E-state index in [1.807, 2.05) is 108 Å². The standard InChI is InChI=1S/C34H47N3O6.C33H48N4O3/c1-23-18-28(13-10-27(23)22-36-16-17-37(24(2)21-36)33(41)43-34(3,4)5)35(6)32(40)26-11-14-29(15-12-26)42-30-9-7-8-25(19-30)20-31(38)39;1-23-18-28(13-10-27(23)22-37-17-16-34-24(2)21-37)36(6)32(39)26-11-14-29(15-12-26)40-30-9-7-8-25(19-30)20-31(38)35-33(3,4)5/h7-10,13,18-19,24,26,29H,11-12,14-17,20-22H2,1-6H3,(H,38,39);7-10,13,18-19,24,26,29,34H,11-12,14-17,20-22H2,1-6H3,(H,35,38)/t2*24-,26-,29-/m00/s1. The van der Waals surface area contributed by atoms with E-state index in [0.29, 0.717) is 30.3 Å². The number of ether oxygens (including phenoxy) is 3. The summed E-state index contributed by atoms with van der Waals surface area (Å²) in [5.74, 6) is 0.890. The SMILES string of the molecule is Cc1cc(N(C)C(=O)[C@H]2CC[C@H](Oc3cccc(CC(=O)NC(C)(C)C)c3)CC2)ccc1CN1CCN[C@@H](C)C1.Cc1cc(N(C)C(=O)[C@H]2CC[C@H](Oc3cccc(CC(=O)O)c3)CC2)ccc1CN1CCN(C(=O)OC(C)(C)C)[C@@H](C)C1. The molecule has 4 fully saturated rings. The van der Waals surface area contributed by atoms with Gasteiger partial charge in [0.15, 0.2) is 0 Å². The maximum Gasteiger partial charge on any atom is 0.410 e. The Bertz CT molecular complexity index is 2850. The number of hydrogen-bond donors (Lipinski definition) is 3. The lowest BCUT2D eigenvalue weighted by Gasteiger charge is -2.40. The van der Waals surface area contributed by atoms with Gasteiger partial charge in [-0.3, -0.25) is 29.0 Å². The third-order valence-electron chi connectivity index (χ3n) is 16.4. The van der Waals surface area contributed by atoms with Gasteiger partial charge in [0.1, 0.15) is 17.1 Å². The first-order chi connectivity index (χ1) is 39.2. The van der Waals surface area contributed by atoms with E-state index in [1.165, 1.54) is 16.7 Å². The molecule has 0 bridgehead atoms. The molecular weight excluding hydrogens is 1050 g/mol. The number of piperazine rings is 2. The van der Waals surface area contributed by atoms with Crippen LogP contribution in [0.5, 0.6) is 11.5 Å². The van der Waals surface area contributed by atoms with Crippen LogP contribution in [0, 0.1) is 25.7 Å². The number of carbonyl (C=O) groups excluding carboxylic acids is 4. The molecule has 2 saturated heterocycles. The van der Waals surface area contributed by atoms with Crippen LogP contribution in [0.15, 0.2) is 84.9 Å². The van der Waals surface area contributed by atoms with Crippen molar-refractivity contribution in [1.82, 2.24) is 25.3 Å². The maximum absolute atomic E-state index is 13.4. The van der Waals surface area contributed by atoms with Gasteiger partial charge >= 0.3 is 12.1 Å². The number of nitrogens with zero attached hydrogens (tertiary/aromatic N) is 5. The summed E-state index contributed by atoms with van der Waals surface area (Å²) in [7, 11) is 3.75. The Labute approximate surface area is 494 Å². The van der Waals surface area contributed by atoms with Gasteiger partial charge in [0.25, 0.3) is 0 Å². The van der Waals surface area contributed by atoms with E-state index >= 15 is 0 Å². The summed E-state index contributed by atoms with van der Waals surface area (Å²) >= 11 is 0. The summed E-state index contributed by atoms with van der Waals surface area (Å²) in [6, 6.07) is 28.3. The lowest BCUT2D eigenvalue weighted by molar-refractivity contribution is -0.136. The number of anilines is 2. The minimum Gasteiger partial charge on any atom is -0.490 e. The number of carbonyl (C=O) groups is 5. The van der Waals surface area contributed by atoms with Crippen LogP contribution in [0.2, 0.25) is 0 Å². The van der Waals surface area contributed by atoms with Crippen LogP contribution in [0.1, 0.15) is 140 Å². The third kappa shape index (κ3) is 19.5. The molecule has 452 valence electrons. The largest absolute Gasteiger partial charge is 0.490 e. The van der Waals surface area contributed by atoms with E-state index in [-0.39, 0.29) is 65.9 Å². The molecule has 2 atom stereocenters. The fraction of sp³-hybridized carbons (Fsp3) is 0.567. The number of amides is 4. The smallest absolute Gasteiger partial charge is 0.410 e. The van der Waals surface area contributed by atoms with Crippen LogP contribution in [-0.4, -0.2) is 138 Å². The zero-order valence-corrected chi connectivity index (χ0v) is 51.7. The molecule has 2 aliphatic carbocycles. The average Bonchev–Trinajstić information content (AvgIpc) is 3.63. The van der Waals surface area contributed by atoms with E-state index in [2.05, 4.69) is 78.5 Å². The molecule has 2 saturated carbocycles. The summed E-state index contributed by atoms with van der Waals surface area (Å²) in [4.78, 5) is 73.0. The fourth-order valence-corrected chi connectivity index (χ4v) is 11.9. The number of nitrogens with one attached hydrogen (secondary N) is 2. The third-order valence-corrected chi connectivity index (χ3v) is 16.4. The Balaban J connectivity index is 0.000000239. The molecule has 83 heavy (non-hydrogen) atoms. The molecule has 4 amide bonds. The zero-order chi connectivity index (χ0) is 60.2. The van der Waals surface area contributed by atoms with Gasteiger partial charge in [0, 0.05) is 107 Å². The van der Waals surface area contributed by atoms with Crippen molar-refractivity contribution in [2.24, 2.45) is 11.8 Å². The van der Waals surface area contributed by atoms with Crippen molar-refractivity contribution in [1.29, 1.82) is 0 Å². The number of aliphatic carboxylic acids is 1. The van der Waals surface area contributed by atoms with Crippen LogP contribution < -0.4 is 29.9 Å². The molecule has 16 nitrogen and oxygen atoms in total. The molecule has 4 aliphatic rings. The minimum absolute atomic E-state index is 0.00630. The number of aryl methyl sites for hydroxylation is 2. The Morgan fingerprint density at radius 1 is 0.627 bits per heavy atom. The highest BCUT2D eigenvalue weighted by Crippen LogP contribution is 2.33. The second kappa shape index (κ2) is 28.9. The zero-order valence-electron chi connectivity index (χ0n) is 51.7. The summed E-state index contributed by atoms with van der Waals surface area (Å²) in [5.41, 5.74) is 7.67. The molecule has 2 aliphatic heterocycles. The predicted molar refractivity (Wildman–Crippen MR) is 328 cm³/mol. The van der Waals surface area contributed by atoms with Gasteiger partial charge in [-0.15, -0.1) is 0 Å². The van der Waals surface area contributed by atoms with Crippen molar-refractivity contribution in [2.75, 3.05) is 63.2 Å².